The van der Waals surface area contributed by atoms with Crippen LogP contribution in [0.2, 0.25) is 0 Å². The van der Waals surface area contributed by atoms with Crippen molar-refractivity contribution in [3.63, 3.8) is 0 Å². The van der Waals surface area contributed by atoms with Gasteiger partial charge in [-0.15, -0.1) is 11.3 Å². The first kappa shape index (κ1) is 21.9. The van der Waals surface area contributed by atoms with E-state index < -0.39 is 0 Å². The molecular formula is C26H29N3O3S. The molecular weight excluding hydrogens is 434 g/mol. The summed E-state index contributed by atoms with van der Waals surface area (Å²) in [6.45, 7) is 2.87. The Hall–Kier alpha value is -2.90. The van der Waals surface area contributed by atoms with Crippen LogP contribution in [0, 0.1) is 0 Å². The third-order valence-corrected chi connectivity index (χ3v) is 7.68. The molecule has 1 atom stereocenters. The average Bonchev–Trinajstić information content (AvgIpc) is 3.57. The number of carbonyl (C=O) groups excluding carboxylic acids is 2. The van der Waals surface area contributed by atoms with Gasteiger partial charge in [0, 0.05) is 38.1 Å². The van der Waals surface area contributed by atoms with Gasteiger partial charge < -0.3 is 14.6 Å². The molecule has 2 aliphatic heterocycles. The smallest absolute Gasteiger partial charge is 0.263 e. The molecule has 1 N–H and O–H groups in total. The van der Waals surface area contributed by atoms with Crippen LogP contribution in [0.3, 0.4) is 0 Å². The highest BCUT2D eigenvalue weighted by molar-refractivity contribution is 7.12. The molecule has 3 aromatic rings. The van der Waals surface area contributed by atoms with Gasteiger partial charge in [-0.05, 0) is 54.0 Å². The monoisotopic (exact) mass is 463 g/mol. The number of benzene rings is 1. The van der Waals surface area contributed by atoms with Gasteiger partial charge in [0.2, 0.25) is 5.91 Å². The SMILES string of the molecule is O=C(CC1c2ccccc2CCN1C1CCN(C(=O)c2cccs2)CC1)NCc1ccco1. The number of furan rings is 1. The maximum atomic E-state index is 12.9. The van der Waals surface area contributed by atoms with Gasteiger partial charge in [-0.25, -0.2) is 0 Å². The molecule has 4 heterocycles. The second kappa shape index (κ2) is 9.93. The molecule has 0 spiro atoms. The fraction of sp³-hybridized carbons (Fsp3) is 0.385. The van der Waals surface area contributed by atoms with E-state index in [1.807, 2.05) is 34.5 Å². The Morgan fingerprint density at radius 3 is 2.64 bits per heavy atom. The summed E-state index contributed by atoms with van der Waals surface area (Å²) in [7, 11) is 0. The minimum absolute atomic E-state index is 0.0309. The number of piperidine rings is 1. The number of nitrogens with one attached hydrogen (secondary N) is 1. The summed E-state index contributed by atoms with van der Waals surface area (Å²) in [4.78, 5) is 30.9. The van der Waals surface area contributed by atoms with Crippen molar-refractivity contribution in [1.29, 1.82) is 0 Å². The number of thiophene rings is 1. The predicted octanol–water partition coefficient (Wildman–Crippen LogP) is 4.25. The van der Waals surface area contributed by atoms with Crippen LogP contribution in [0.5, 0.6) is 0 Å². The van der Waals surface area contributed by atoms with Gasteiger partial charge in [-0.1, -0.05) is 30.3 Å². The van der Waals surface area contributed by atoms with Crippen molar-refractivity contribution in [2.45, 2.75) is 44.3 Å². The summed E-state index contributed by atoms with van der Waals surface area (Å²) in [5.74, 6) is 0.928. The summed E-state index contributed by atoms with van der Waals surface area (Å²) in [6, 6.07) is 16.4. The van der Waals surface area contributed by atoms with Gasteiger partial charge in [0.25, 0.3) is 5.91 Å². The van der Waals surface area contributed by atoms with Crippen molar-refractivity contribution in [3.05, 3.63) is 81.9 Å². The average molecular weight is 464 g/mol. The van der Waals surface area contributed by atoms with Gasteiger partial charge in [-0.2, -0.15) is 0 Å². The van der Waals surface area contributed by atoms with Crippen LogP contribution >= 0.6 is 11.3 Å². The Labute approximate surface area is 198 Å². The lowest BCUT2D eigenvalue weighted by atomic mass is 9.87. The molecule has 7 heteroatoms. The molecule has 1 fully saturated rings. The highest BCUT2D eigenvalue weighted by Gasteiger charge is 2.36. The van der Waals surface area contributed by atoms with Crippen LogP contribution in [-0.2, 0) is 17.8 Å². The number of hydrogen-bond acceptors (Lipinski definition) is 5. The van der Waals surface area contributed by atoms with Crippen molar-refractivity contribution >= 4 is 23.2 Å². The largest absolute Gasteiger partial charge is 0.467 e. The molecule has 0 radical (unpaired) electrons. The van der Waals surface area contributed by atoms with E-state index in [1.165, 1.54) is 22.5 Å². The molecule has 172 valence electrons. The van der Waals surface area contributed by atoms with Crippen LogP contribution in [0.25, 0.3) is 0 Å². The number of carbonyl (C=O) groups is 2. The van der Waals surface area contributed by atoms with E-state index in [4.69, 9.17) is 4.42 Å². The zero-order valence-corrected chi connectivity index (χ0v) is 19.4. The van der Waals surface area contributed by atoms with Crippen LogP contribution in [0.4, 0.5) is 0 Å². The van der Waals surface area contributed by atoms with Crippen LogP contribution < -0.4 is 5.32 Å². The molecule has 0 aliphatic carbocycles. The van der Waals surface area contributed by atoms with Crippen molar-refractivity contribution in [1.82, 2.24) is 15.1 Å². The lowest BCUT2D eigenvalue weighted by molar-refractivity contribution is -0.123. The third kappa shape index (κ3) is 4.89. The molecule has 1 unspecified atom stereocenters. The Balaban J connectivity index is 1.26. The first-order valence-corrected chi connectivity index (χ1v) is 12.5. The number of rotatable bonds is 6. The predicted molar refractivity (Wildman–Crippen MR) is 128 cm³/mol. The number of hydrogen-bond donors (Lipinski definition) is 1. The topological polar surface area (TPSA) is 65.8 Å². The Morgan fingerprint density at radius 1 is 1.03 bits per heavy atom. The Bertz CT molecular complexity index is 1070. The second-order valence-corrected chi connectivity index (χ2v) is 9.71. The molecule has 6 nitrogen and oxygen atoms in total. The summed E-state index contributed by atoms with van der Waals surface area (Å²) in [6.07, 6.45) is 4.91. The Kier molecular flexibility index (Phi) is 6.60. The summed E-state index contributed by atoms with van der Waals surface area (Å²) in [5.41, 5.74) is 2.59. The quantitative estimate of drug-likeness (QED) is 0.594. The number of fused-ring (bicyclic) bond motifs is 1. The van der Waals surface area contributed by atoms with E-state index in [-0.39, 0.29) is 17.9 Å². The molecule has 1 saturated heterocycles. The zero-order chi connectivity index (χ0) is 22.6. The summed E-state index contributed by atoms with van der Waals surface area (Å²) >= 11 is 1.50. The summed E-state index contributed by atoms with van der Waals surface area (Å²) < 4.78 is 5.35. The van der Waals surface area contributed by atoms with Gasteiger partial charge in [0.05, 0.1) is 17.7 Å². The number of likely N-dealkylation sites (tertiary alicyclic amines) is 1. The normalized spacial score (nSPS) is 19.3. The van der Waals surface area contributed by atoms with Crippen LogP contribution in [-0.4, -0.2) is 47.3 Å². The first-order valence-electron chi connectivity index (χ1n) is 11.6. The summed E-state index contributed by atoms with van der Waals surface area (Å²) in [5, 5.41) is 4.96. The molecule has 2 aliphatic rings. The zero-order valence-electron chi connectivity index (χ0n) is 18.6. The minimum atomic E-state index is 0.0309. The van der Waals surface area contributed by atoms with Crippen LogP contribution in [0.1, 0.15) is 51.9 Å². The van der Waals surface area contributed by atoms with Crippen molar-refractivity contribution in [2.24, 2.45) is 0 Å². The standard InChI is InChI=1S/C26H29N3O3S/c30-25(27-18-21-6-3-15-32-21)17-23-22-7-2-1-5-19(22)9-14-29(23)20-10-12-28(13-11-20)26(31)24-8-4-16-33-24/h1-8,15-16,20,23H,9-14,17-18H2,(H,27,30). The van der Waals surface area contributed by atoms with E-state index in [1.54, 1.807) is 6.26 Å². The van der Waals surface area contributed by atoms with E-state index in [0.29, 0.717) is 19.0 Å². The van der Waals surface area contributed by atoms with Crippen molar-refractivity contribution in [2.75, 3.05) is 19.6 Å². The van der Waals surface area contributed by atoms with Gasteiger partial charge in [0.1, 0.15) is 5.76 Å². The molecule has 5 rings (SSSR count). The molecule has 0 saturated carbocycles. The highest BCUT2D eigenvalue weighted by Crippen LogP contribution is 2.36. The van der Waals surface area contributed by atoms with E-state index in [0.717, 1.165) is 49.5 Å². The van der Waals surface area contributed by atoms with Gasteiger partial charge in [-0.3, -0.25) is 14.5 Å². The fourth-order valence-corrected chi connectivity index (χ4v) is 5.83. The molecule has 33 heavy (non-hydrogen) atoms. The molecule has 2 amide bonds. The van der Waals surface area contributed by atoms with E-state index in [9.17, 15) is 9.59 Å². The molecule has 2 aromatic heterocycles. The first-order chi connectivity index (χ1) is 16.2. The van der Waals surface area contributed by atoms with Crippen molar-refractivity contribution in [3.8, 4) is 0 Å². The Morgan fingerprint density at radius 2 is 1.88 bits per heavy atom. The highest BCUT2D eigenvalue weighted by atomic mass is 32.1. The van der Waals surface area contributed by atoms with Gasteiger partial charge in [0.15, 0.2) is 0 Å². The van der Waals surface area contributed by atoms with E-state index in [2.05, 4.69) is 34.5 Å². The minimum Gasteiger partial charge on any atom is -0.467 e. The van der Waals surface area contributed by atoms with E-state index >= 15 is 0 Å². The maximum Gasteiger partial charge on any atom is 0.263 e. The molecule has 0 bridgehead atoms. The fourth-order valence-electron chi connectivity index (χ4n) is 5.14. The second-order valence-electron chi connectivity index (χ2n) is 8.76. The van der Waals surface area contributed by atoms with Crippen molar-refractivity contribution < 1.29 is 14.0 Å². The lowest BCUT2D eigenvalue weighted by Gasteiger charge is -2.45. The number of amides is 2. The molecule has 1 aromatic carbocycles. The number of nitrogens with zero attached hydrogens (tertiary/aromatic N) is 2. The third-order valence-electron chi connectivity index (χ3n) is 6.83. The lowest BCUT2D eigenvalue weighted by Crippen LogP contribution is -2.50. The van der Waals surface area contributed by atoms with Crippen LogP contribution in [0.15, 0.2) is 64.6 Å². The van der Waals surface area contributed by atoms with Gasteiger partial charge >= 0.3 is 0 Å². The maximum absolute atomic E-state index is 12.9.